The van der Waals surface area contributed by atoms with Crippen LogP contribution in [0, 0.1) is 0 Å². The number of carbonyl (C=O) groups is 2. The maximum atomic E-state index is 12.2. The van der Waals surface area contributed by atoms with Gasteiger partial charge in [-0.05, 0) is 26.3 Å². The number of likely N-dealkylation sites (N-methyl/N-ethyl adjacent to an activating group) is 1. The van der Waals surface area contributed by atoms with Gasteiger partial charge in [0.15, 0.2) is 0 Å². The molecule has 1 amide bonds. The molecule has 5 heteroatoms. The highest BCUT2D eigenvalue weighted by Crippen LogP contribution is 2.18. The maximum Gasteiger partial charge on any atom is 0.329 e. The zero-order valence-corrected chi connectivity index (χ0v) is 12.9. The number of amides is 1. The van der Waals surface area contributed by atoms with E-state index < -0.39 is 11.5 Å². The van der Waals surface area contributed by atoms with Gasteiger partial charge in [0.05, 0.1) is 5.75 Å². The van der Waals surface area contributed by atoms with Gasteiger partial charge in [0, 0.05) is 12.3 Å². The fraction of sp³-hybridized carbons (Fsp3) is 0.467. The molecule has 0 aromatic heterocycles. The van der Waals surface area contributed by atoms with E-state index in [1.165, 1.54) is 16.7 Å². The Morgan fingerprint density at radius 3 is 2.35 bits per heavy atom. The summed E-state index contributed by atoms with van der Waals surface area (Å²) in [4.78, 5) is 24.8. The van der Waals surface area contributed by atoms with Crippen LogP contribution in [0.4, 0.5) is 0 Å². The van der Waals surface area contributed by atoms with Crippen LogP contribution in [0.25, 0.3) is 0 Å². The number of thioether (sulfide) groups is 1. The first kappa shape index (κ1) is 16.6. The molecule has 0 heterocycles. The first-order valence-corrected chi connectivity index (χ1v) is 7.70. The van der Waals surface area contributed by atoms with Crippen LogP contribution in [-0.2, 0) is 15.3 Å². The fourth-order valence-corrected chi connectivity index (χ4v) is 2.77. The van der Waals surface area contributed by atoms with Crippen molar-refractivity contribution in [3.63, 3.8) is 0 Å². The van der Waals surface area contributed by atoms with Crippen molar-refractivity contribution in [1.82, 2.24) is 4.90 Å². The summed E-state index contributed by atoms with van der Waals surface area (Å²) in [5.41, 5.74) is -0.00933. The fourth-order valence-electron chi connectivity index (χ4n) is 1.91. The molecule has 0 saturated carbocycles. The van der Waals surface area contributed by atoms with E-state index in [2.05, 4.69) is 0 Å². The summed E-state index contributed by atoms with van der Waals surface area (Å²) in [7, 11) is 0. The number of aliphatic carboxylic acids is 1. The summed E-state index contributed by atoms with van der Waals surface area (Å²) in [5.74, 6) is -0.0848. The maximum absolute atomic E-state index is 12.2. The predicted octanol–water partition coefficient (Wildman–Crippen LogP) is 2.63. The van der Waals surface area contributed by atoms with E-state index in [1.54, 1.807) is 20.8 Å². The van der Waals surface area contributed by atoms with Crippen LogP contribution in [0.5, 0.6) is 0 Å². The number of carbonyl (C=O) groups excluding carboxylic acids is 1. The highest BCUT2D eigenvalue weighted by Gasteiger charge is 2.36. The molecule has 4 nitrogen and oxygen atoms in total. The molecule has 1 rings (SSSR count). The highest BCUT2D eigenvalue weighted by molar-refractivity contribution is 7.99. The van der Waals surface area contributed by atoms with E-state index in [1.807, 2.05) is 30.3 Å². The lowest BCUT2D eigenvalue weighted by atomic mass is 10.0. The number of benzene rings is 1. The van der Waals surface area contributed by atoms with E-state index >= 15 is 0 Å². The minimum atomic E-state index is -1.17. The van der Waals surface area contributed by atoms with Crippen molar-refractivity contribution in [2.45, 2.75) is 32.1 Å². The Hall–Kier alpha value is -1.49. The Kier molecular flexibility index (Phi) is 6.07. The SMILES string of the molecule is CCN(C(=O)CSCc1ccccc1)C(C)(C)C(=O)O. The molecule has 0 aliphatic carbocycles. The summed E-state index contributed by atoms with van der Waals surface area (Å²) in [6.45, 7) is 5.30. The van der Waals surface area contributed by atoms with Crippen molar-refractivity contribution in [1.29, 1.82) is 0 Å². The van der Waals surface area contributed by atoms with Crippen LogP contribution < -0.4 is 0 Å². The molecule has 0 radical (unpaired) electrons. The third-order valence-corrected chi connectivity index (χ3v) is 4.14. The van der Waals surface area contributed by atoms with Gasteiger partial charge in [-0.25, -0.2) is 4.79 Å². The van der Waals surface area contributed by atoms with Crippen molar-refractivity contribution >= 4 is 23.6 Å². The van der Waals surface area contributed by atoms with Gasteiger partial charge in [0.25, 0.3) is 0 Å². The topological polar surface area (TPSA) is 57.6 Å². The Bertz CT molecular complexity index is 459. The third-order valence-electron chi connectivity index (χ3n) is 3.15. The molecule has 0 aliphatic rings. The predicted molar refractivity (Wildman–Crippen MR) is 81.7 cm³/mol. The van der Waals surface area contributed by atoms with Crippen molar-refractivity contribution in [3.05, 3.63) is 35.9 Å². The number of rotatable bonds is 7. The molecule has 0 atom stereocenters. The lowest BCUT2D eigenvalue weighted by molar-refractivity contribution is -0.155. The number of hydrogen-bond acceptors (Lipinski definition) is 3. The van der Waals surface area contributed by atoms with E-state index in [9.17, 15) is 14.7 Å². The molecule has 1 N–H and O–H groups in total. The Labute approximate surface area is 124 Å². The zero-order chi connectivity index (χ0) is 15.2. The highest BCUT2D eigenvalue weighted by atomic mass is 32.2. The quantitative estimate of drug-likeness (QED) is 0.840. The van der Waals surface area contributed by atoms with Crippen LogP contribution >= 0.6 is 11.8 Å². The van der Waals surface area contributed by atoms with Gasteiger partial charge < -0.3 is 10.0 Å². The second kappa shape index (κ2) is 7.33. The second-order valence-corrected chi connectivity index (χ2v) is 5.97. The van der Waals surface area contributed by atoms with Crippen molar-refractivity contribution in [2.24, 2.45) is 0 Å². The standard InChI is InChI=1S/C15H21NO3S/c1-4-16(15(2,3)14(18)19)13(17)11-20-10-12-8-6-5-7-9-12/h5-9H,4,10-11H2,1-3H3,(H,18,19). The molecule has 0 saturated heterocycles. The molecule has 110 valence electrons. The molecular formula is C15H21NO3S. The number of hydrogen-bond donors (Lipinski definition) is 1. The van der Waals surface area contributed by atoms with Gasteiger partial charge >= 0.3 is 5.97 Å². The lowest BCUT2D eigenvalue weighted by Crippen LogP contribution is -2.53. The van der Waals surface area contributed by atoms with Crippen molar-refractivity contribution in [3.8, 4) is 0 Å². The smallest absolute Gasteiger partial charge is 0.329 e. The van der Waals surface area contributed by atoms with E-state index in [-0.39, 0.29) is 5.91 Å². The first-order chi connectivity index (χ1) is 9.39. The van der Waals surface area contributed by atoms with Gasteiger partial charge in [-0.15, -0.1) is 11.8 Å². The lowest BCUT2D eigenvalue weighted by Gasteiger charge is -2.34. The number of nitrogens with zero attached hydrogens (tertiary/aromatic N) is 1. The number of carboxylic acids is 1. The van der Waals surface area contributed by atoms with Crippen LogP contribution in [0.15, 0.2) is 30.3 Å². The minimum Gasteiger partial charge on any atom is -0.480 e. The van der Waals surface area contributed by atoms with Crippen LogP contribution in [0.3, 0.4) is 0 Å². The summed E-state index contributed by atoms with van der Waals surface area (Å²) in [6.07, 6.45) is 0. The average molecular weight is 295 g/mol. The third kappa shape index (κ3) is 4.27. The Morgan fingerprint density at radius 2 is 1.85 bits per heavy atom. The average Bonchev–Trinajstić information content (AvgIpc) is 2.40. The van der Waals surface area contributed by atoms with E-state index in [4.69, 9.17) is 0 Å². The minimum absolute atomic E-state index is 0.138. The largest absolute Gasteiger partial charge is 0.480 e. The normalized spacial score (nSPS) is 11.2. The summed E-state index contributed by atoms with van der Waals surface area (Å²) in [6, 6.07) is 9.90. The van der Waals surface area contributed by atoms with Crippen LogP contribution in [0.2, 0.25) is 0 Å². The molecule has 0 spiro atoms. The monoisotopic (exact) mass is 295 g/mol. The molecule has 0 unspecified atom stereocenters. The summed E-state index contributed by atoms with van der Waals surface area (Å²) < 4.78 is 0. The molecule has 0 aliphatic heterocycles. The summed E-state index contributed by atoms with van der Waals surface area (Å²) >= 11 is 1.50. The Morgan fingerprint density at radius 1 is 1.25 bits per heavy atom. The Balaban J connectivity index is 2.54. The summed E-state index contributed by atoms with van der Waals surface area (Å²) in [5, 5.41) is 9.19. The van der Waals surface area contributed by atoms with Gasteiger partial charge in [0.2, 0.25) is 5.91 Å². The zero-order valence-electron chi connectivity index (χ0n) is 12.1. The first-order valence-electron chi connectivity index (χ1n) is 6.55. The second-order valence-electron chi connectivity index (χ2n) is 4.98. The van der Waals surface area contributed by atoms with Gasteiger partial charge in [-0.2, -0.15) is 0 Å². The molecule has 0 fully saturated rings. The van der Waals surface area contributed by atoms with E-state index in [0.29, 0.717) is 12.3 Å². The molecular weight excluding hydrogens is 274 g/mol. The molecule has 0 bridgehead atoms. The molecule has 20 heavy (non-hydrogen) atoms. The number of carboxylic acid groups (broad SMARTS) is 1. The van der Waals surface area contributed by atoms with E-state index in [0.717, 1.165) is 11.3 Å². The van der Waals surface area contributed by atoms with Crippen LogP contribution in [0.1, 0.15) is 26.3 Å². The van der Waals surface area contributed by atoms with Gasteiger partial charge in [-0.3, -0.25) is 4.79 Å². The van der Waals surface area contributed by atoms with Gasteiger partial charge in [-0.1, -0.05) is 30.3 Å². The molecule has 1 aromatic rings. The van der Waals surface area contributed by atoms with Crippen molar-refractivity contribution < 1.29 is 14.7 Å². The molecule has 1 aromatic carbocycles. The van der Waals surface area contributed by atoms with Crippen molar-refractivity contribution in [2.75, 3.05) is 12.3 Å². The van der Waals surface area contributed by atoms with Crippen LogP contribution in [-0.4, -0.2) is 39.7 Å². The van der Waals surface area contributed by atoms with Gasteiger partial charge in [0.1, 0.15) is 5.54 Å².